The van der Waals surface area contributed by atoms with E-state index in [2.05, 4.69) is 33.8 Å². The molecule has 0 amide bonds. The summed E-state index contributed by atoms with van der Waals surface area (Å²) in [4.78, 5) is 11.4. The van der Waals surface area contributed by atoms with E-state index in [1.54, 1.807) is 18.2 Å². The predicted octanol–water partition coefficient (Wildman–Crippen LogP) is 5.14. The number of rotatable bonds is 4. The molecule has 0 spiro atoms. The zero-order chi connectivity index (χ0) is 18.2. The molecule has 4 nitrogen and oxygen atoms in total. The van der Waals surface area contributed by atoms with E-state index in [0.717, 1.165) is 37.0 Å². The Balaban J connectivity index is 1.97. The Hall–Kier alpha value is -1.81. The van der Waals surface area contributed by atoms with Crippen LogP contribution < -0.4 is 4.74 Å². The van der Waals surface area contributed by atoms with Crippen molar-refractivity contribution in [3.63, 3.8) is 0 Å². The van der Waals surface area contributed by atoms with Crippen LogP contribution in [0.2, 0.25) is 0 Å². The monoisotopic (exact) mass is 344 g/mol. The molecule has 2 aliphatic rings. The summed E-state index contributed by atoms with van der Waals surface area (Å²) in [6, 6.07) is 5.13. The zero-order valence-corrected chi connectivity index (χ0v) is 15.5. The molecule has 1 fully saturated rings. The normalized spacial score (nSPS) is 30.6. The van der Waals surface area contributed by atoms with Gasteiger partial charge in [0.05, 0.1) is 17.8 Å². The number of carboxylic acids is 1. The second-order valence-corrected chi connectivity index (χ2v) is 7.84. The summed E-state index contributed by atoms with van der Waals surface area (Å²) >= 11 is 0. The molecule has 1 N–H and O–H groups in total. The van der Waals surface area contributed by atoms with E-state index < -0.39 is 5.97 Å². The fourth-order valence-corrected chi connectivity index (χ4v) is 4.10. The van der Waals surface area contributed by atoms with Crippen molar-refractivity contribution < 1.29 is 19.4 Å². The number of aromatic carboxylic acids is 1. The van der Waals surface area contributed by atoms with Gasteiger partial charge in [-0.05, 0) is 71.6 Å². The van der Waals surface area contributed by atoms with Gasteiger partial charge in [-0.3, -0.25) is 0 Å². The van der Waals surface area contributed by atoms with Crippen molar-refractivity contribution in [2.45, 2.75) is 71.2 Å². The molecule has 2 aliphatic heterocycles. The number of benzene rings is 1. The van der Waals surface area contributed by atoms with Crippen molar-refractivity contribution in [3.05, 3.63) is 41.0 Å². The Bertz CT molecular complexity index is 689. The number of allylic oxidation sites excluding steroid dienone is 2. The summed E-state index contributed by atoms with van der Waals surface area (Å²) in [6.45, 7) is 8.49. The molecule has 4 atom stereocenters. The zero-order valence-electron chi connectivity index (χ0n) is 15.5. The summed E-state index contributed by atoms with van der Waals surface area (Å²) in [5.41, 5.74) is 2.19. The molecule has 1 aromatic rings. The van der Waals surface area contributed by atoms with Crippen LogP contribution in [0.1, 0.15) is 75.4 Å². The number of hydrogen-bond donors (Lipinski definition) is 1. The third-order valence-corrected chi connectivity index (χ3v) is 5.51. The lowest BCUT2D eigenvalue weighted by Gasteiger charge is -2.50. The highest BCUT2D eigenvalue weighted by molar-refractivity contribution is 5.88. The number of ether oxygens (including phenoxy) is 2. The molecule has 0 aromatic heterocycles. The number of fused-ring (bicyclic) bond motifs is 3. The maximum atomic E-state index is 11.4. The second-order valence-electron chi connectivity index (χ2n) is 7.84. The Kier molecular flexibility index (Phi) is 4.92. The first-order valence-corrected chi connectivity index (χ1v) is 9.15. The molecule has 25 heavy (non-hydrogen) atoms. The molecule has 2 heterocycles. The molecular weight excluding hydrogens is 316 g/mol. The second kappa shape index (κ2) is 6.83. The third-order valence-electron chi connectivity index (χ3n) is 5.51. The van der Waals surface area contributed by atoms with Crippen LogP contribution in [-0.4, -0.2) is 22.8 Å². The quantitative estimate of drug-likeness (QED) is 0.769. The molecule has 4 heteroatoms. The first-order chi connectivity index (χ1) is 11.8. The van der Waals surface area contributed by atoms with E-state index >= 15 is 0 Å². The summed E-state index contributed by atoms with van der Waals surface area (Å²) in [5, 5.41) is 9.32. The van der Waals surface area contributed by atoms with Crippen molar-refractivity contribution in [3.8, 4) is 5.75 Å². The molecule has 1 aromatic carbocycles. The molecule has 0 aliphatic carbocycles. The highest BCUT2D eigenvalue weighted by Gasteiger charge is 2.49. The van der Waals surface area contributed by atoms with Crippen LogP contribution in [0.5, 0.6) is 5.75 Å². The number of carbonyl (C=O) groups is 1. The number of hydrogen-bond acceptors (Lipinski definition) is 3. The summed E-state index contributed by atoms with van der Waals surface area (Å²) in [7, 11) is 0. The van der Waals surface area contributed by atoms with E-state index in [1.165, 1.54) is 5.57 Å². The molecule has 0 radical (unpaired) electrons. The van der Waals surface area contributed by atoms with Crippen molar-refractivity contribution in [2.75, 3.05) is 0 Å². The molecule has 0 saturated carbocycles. The Morgan fingerprint density at radius 2 is 2.12 bits per heavy atom. The van der Waals surface area contributed by atoms with Crippen LogP contribution in [0.4, 0.5) is 0 Å². The SMILES string of the molecule is CC(C)=CCC[C@]1(C)Oc2ccc(C(=O)O)cc2[C@@H]2O[C@H](C)CC[C@H]21. The topological polar surface area (TPSA) is 55.8 Å². The maximum Gasteiger partial charge on any atom is 0.335 e. The van der Waals surface area contributed by atoms with E-state index in [4.69, 9.17) is 9.47 Å². The van der Waals surface area contributed by atoms with Crippen LogP contribution in [0.15, 0.2) is 29.8 Å². The van der Waals surface area contributed by atoms with Crippen molar-refractivity contribution >= 4 is 5.97 Å². The Morgan fingerprint density at radius 1 is 1.36 bits per heavy atom. The Labute approximate surface area is 149 Å². The lowest BCUT2D eigenvalue weighted by molar-refractivity contribution is -0.152. The van der Waals surface area contributed by atoms with Gasteiger partial charge in [0.1, 0.15) is 11.4 Å². The smallest absolute Gasteiger partial charge is 0.335 e. The average Bonchev–Trinajstić information content (AvgIpc) is 2.54. The van der Waals surface area contributed by atoms with Crippen LogP contribution >= 0.6 is 0 Å². The van der Waals surface area contributed by atoms with Gasteiger partial charge in [-0.15, -0.1) is 0 Å². The third kappa shape index (κ3) is 3.59. The summed E-state index contributed by atoms with van der Waals surface area (Å²) in [6.07, 6.45) is 6.28. The highest BCUT2D eigenvalue weighted by atomic mass is 16.5. The van der Waals surface area contributed by atoms with Gasteiger partial charge in [0.25, 0.3) is 0 Å². The molecule has 0 unspecified atom stereocenters. The largest absolute Gasteiger partial charge is 0.487 e. The molecular formula is C21H28O4. The van der Waals surface area contributed by atoms with Crippen molar-refractivity contribution in [2.24, 2.45) is 5.92 Å². The standard InChI is InChI=1S/C21H28O4/c1-13(2)6-5-11-21(4)17-9-7-14(3)24-19(17)16-12-15(20(22)23)8-10-18(16)25-21/h6,8,10,12,14,17,19H,5,7,9,11H2,1-4H3,(H,22,23)/t14-,17-,19+,21+/m1/s1. The summed E-state index contributed by atoms with van der Waals surface area (Å²) in [5.74, 6) is 0.0889. The van der Waals surface area contributed by atoms with Crippen LogP contribution in [0.25, 0.3) is 0 Å². The van der Waals surface area contributed by atoms with E-state index in [-0.39, 0.29) is 29.3 Å². The Morgan fingerprint density at radius 3 is 2.80 bits per heavy atom. The number of carboxylic acid groups (broad SMARTS) is 1. The van der Waals surface area contributed by atoms with E-state index in [9.17, 15) is 9.90 Å². The first kappa shape index (κ1) is 18.0. The fraction of sp³-hybridized carbons (Fsp3) is 0.571. The average molecular weight is 344 g/mol. The molecule has 3 rings (SSSR count). The van der Waals surface area contributed by atoms with Gasteiger partial charge >= 0.3 is 5.97 Å². The van der Waals surface area contributed by atoms with Crippen LogP contribution in [0, 0.1) is 5.92 Å². The fourth-order valence-electron chi connectivity index (χ4n) is 4.10. The lowest BCUT2D eigenvalue weighted by Crippen LogP contribution is -2.50. The molecule has 0 bridgehead atoms. The van der Waals surface area contributed by atoms with Gasteiger partial charge in [0, 0.05) is 11.5 Å². The minimum absolute atomic E-state index is 0.0940. The minimum Gasteiger partial charge on any atom is -0.487 e. The molecule has 136 valence electrons. The van der Waals surface area contributed by atoms with Crippen LogP contribution in [0.3, 0.4) is 0 Å². The summed E-state index contributed by atoms with van der Waals surface area (Å²) < 4.78 is 12.7. The van der Waals surface area contributed by atoms with E-state index in [1.807, 2.05) is 0 Å². The van der Waals surface area contributed by atoms with Crippen LogP contribution in [-0.2, 0) is 4.74 Å². The maximum absolute atomic E-state index is 11.4. The van der Waals surface area contributed by atoms with Gasteiger partial charge in [-0.25, -0.2) is 4.79 Å². The lowest BCUT2D eigenvalue weighted by atomic mass is 9.72. The van der Waals surface area contributed by atoms with Crippen molar-refractivity contribution in [1.82, 2.24) is 0 Å². The molecule has 1 saturated heterocycles. The van der Waals surface area contributed by atoms with Gasteiger partial charge in [-0.1, -0.05) is 11.6 Å². The van der Waals surface area contributed by atoms with Gasteiger partial charge in [0.2, 0.25) is 0 Å². The predicted molar refractivity (Wildman–Crippen MR) is 97.1 cm³/mol. The highest BCUT2D eigenvalue weighted by Crippen LogP contribution is 2.52. The van der Waals surface area contributed by atoms with Gasteiger partial charge < -0.3 is 14.6 Å². The van der Waals surface area contributed by atoms with Gasteiger partial charge in [-0.2, -0.15) is 0 Å². The van der Waals surface area contributed by atoms with E-state index in [0.29, 0.717) is 0 Å². The minimum atomic E-state index is -0.917. The first-order valence-electron chi connectivity index (χ1n) is 9.15. The van der Waals surface area contributed by atoms with Crippen molar-refractivity contribution in [1.29, 1.82) is 0 Å². The van der Waals surface area contributed by atoms with Gasteiger partial charge in [0.15, 0.2) is 0 Å².